The highest BCUT2D eigenvalue weighted by molar-refractivity contribution is 7.91. The van der Waals surface area contributed by atoms with E-state index < -0.39 is 9.84 Å². The number of sulfone groups is 1. The lowest BCUT2D eigenvalue weighted by Gasteiger charge is -2.22. The molecule has 7 nitrogen and oxygen atoms in total. The van der Waals surface area contributed by atoms with Crippen molar-refractivity contribution < 1.29 is 17.9 Å². The summed E-state index contributed by atoms with van der Waals surface area (Å²) < 4.78 is 30.8. The van der Waals surface area contributed by atoms with Gasteiger partial charge in [-0.2, -0.15) is 0 Å². The van der Waals surface area contributed by atoms with Gasteiger partial charge in [-0.15, -0.1) is 12.4 Å². The number of anilines is 1. The first-order valence-electron chi connectivity index (χ1n) is 10.5. The van der Waals surface area contributed by atoms with Gasteiger partial charge in [-0.25, -0.2) is 13.4 Å². The maximum Gasteiger partial charge on any atom is 0.260 e. The monoisotopic (exact) mass is 511 g/mol. The smallest absolute Gasteiger partial charge is 0.260 e. The van der Waals surface area contributed by atoms with Crippen LogP contribution in [0.2, 0.25) is 0 Å². The molecule has 0 spiro atoms. The van der Waals surface area contributed by atoms with Crippen LogP contribution < -0.4 is 9.64 Å². The molecule has 0 fully saturated rings. The zero-order valence-electron chi connectivity index (χ0n) is 19.3. The zero-order chi connectivity index (χ0) is 23.3. The summed E-state index contributed by atoms with van der Waals surface area (Å²) in [7, 11) is 0.436. The van der Waals surface area contributed by atoms with Gasteiger partial charge in [0.05, 0.1) is 16.2 Å². The molecule has 0 N–H and O–H groups in total. The fraction of sp³-hybridized carbons (Fsp3) is 0.391. The number of unbranched alkanes of at least 4 members (excludes halogenated alkanes) is 1. The van der Waals surface area contributed by atoms with E-state index in [0.717, 1.165) is 23.3 Å². The second-order valence-corrected chi connectivity index (χ2v) is 10.9. The molecule has 1 heterocycles. The Morgan fingerprint density at radius 2 is 1.79 bits per heavy atom. The first kappa shape index (κ1) is 27.0. The molecule has 0 saturated heterocycles. The summed E-state index contributed by atoms with van der Waals surface area (Å²) in [5, 5.41) is 0.478. The predicted molar refractivity (Wildman–Crippen MR) is 137 cm³/mol. The molecule has 0 saturated carbocycles. The second-order valence-electron chi connectivity index (χ2n) is 7.86. The molecule has 0 bridgehead atoms. The number of likely N-dealkylation sites (N-methyl/N-ethyl adjacent to an activating group) is 1. The molecule has 1 amide bonds. The number of rotatable bonds is 10. The van der Waals surface area contributed by atoms with Gasteiger partial charge in [0.25, 0.3) is 5.91 Å². The Hall–Kier alpha value is -2.20. The minimum Gasteiger partial charge on any atom is -0.494 e. The Kier molecular flexibility index (Phi) is 9.66. The van der Waals surface area contributed by atoms with Gasteiger partial charge in [0.1, 0.15) is 11.3 Å². The van der Waals surface area contributed by atoms with Crippen LogP contribution in [0.5, 0.6) is 5.75 Å². The number of ether oxygens (including phenoxy) is 1. The minimum atomic E-state index is -3.44. The first-order valence-corrected chi connectivity index (χ1v) is 13.2. The van der Waals surface area contributed by atoms with Crippen LogP contribution in [0.3, 0.4) is 0 Å². The number of para-hydroxylation sites is 1. The van der Waals surface area contributed by atoms with Crippen LogP contribution in [-0.4, -0.2) is 64.3 Å². The predicted octanol–water partition coefficient (Wildman–Crippen LogP) is 4.51. The molecule has 33 heavy (non-hydrogen) atoms. The standard InChI is InChI=1S/C23H29N3O4S2.ClH/c1-5-6-16-30-18-12-10-17(11-13-18)22(27)26(15-14-25(2)3)23-24-21-19(31-23)8-7-9-20(21)32(4,28)29;/h7-13H,5-6,14-16H2,1-4H3;1H. The number of carbonyl (C=O) groups is 1. The fourth-order valence-electron chi connectivity index (χ4n) is 3.09. The summed E-state index contributed by atoms with van der Waals surface area (Å²) in [6.07, 6.45) is 3.20. The minimum absolute atomic E-state index is 0. The summed E-state index contributed by atoms with van der Waals surface area (Å²) in [4.78, 5) is 21.7. The van der Waals surface area contributed by atoms with Crippen LogP contribution in [0.1, 0.15) is 30.1 Å². The van der Waals surface area contributed by atoms with Crippen LogP contribution in [0, 0.1) is 0 Å². The largest absolute Gasteiger partial charge is 0.494 e. The number of halogens is 1. The fourth-order valence-corrected chi connectivity index (χ4v) is 5.01. The number of fused-ring (bicyclic) bond motifs is 1. The molecule has 10 heteroatoms. The van der Waals surface area contributed by atoms with E-state index in [1.807, 2.05) is 25.1 Å². The summed E-state index contributed by atoms with van der Waals surface area (Å²) >= 11 is 1.31. The number of hydrogen-bond acceptors (Lipinski definition) is 7. The number of carbonyl (C=O) groups excluding carboxylic acids is 1. The number of aromatic nitrogens is 1. The molecule has 0 unspecified atom stereocenters. The van der Waals surface area contributed by atoms with Crippen molar-refractivity contribution >= 4 is 54.8 Å². The third-order valence-corrected chi connectivity index (χ3v) is 7.06. The van der Waals surface area contributed by atoms with Gasteiger partial charge in [-0.3, -0.25) is 9.69 Å². The molecule has 0 aliphatic carbocycles. The molecule has 180 valence electrons. The molecular formula is C23H30ClN3O4S2. The highest BCUT2D eigenvalue weighted by Gasteiger charge is 2.23. The molecule has 1 aromatic heterocycles. The van der Waals surface area contributed by atoms with Crippen molar-refractivity contribution in [3.63, 3.8) is 0 Å². The van der Waals surface area contributed by atoms with Gasteiger partial charge < -0.3 is 9.64 Å². The number of benzene rings is 2. The Bertz CT molecular complexity index is 1180. The Morgan fingerprint density at radius 3 is 2.39 bits per heavy atom. The van der Waals surface area contributed by atoms with Gasteiger partial charge >= 0.3 is 0 Å². The third kappa shape index (κ3) is 6.89. The van der Waals surface area contributed by atoms with Gasteiger partial charge in [-0.05, 0) is 56.9 Å². The normalized spacial score (nSPS) is 11.4. The van der Waals surface area contributed by atoms with Crippen LogP contribution in [0.25, 0.3) is 10.2 Å². The highest BCUT2D eigenvalue weighted by Crippen LogP contribution is 2.33. The van der Waals surface area contributed by atoms with Crippen molar-refractivity contribution in [2.24, 2.45) is 0 Å². The summed E-state index contributed by atoms with van der Waals surface area (Å²) in [5.74, 6) is 0.541. The number of amides is 1. The van der Waals surface area contributed by atoms with Crippen molar-refractivity contribution in [3.05, 3.63) is 48.0 Å². The maximum absolute atomic E-state index is 13.4. The van der Waals surface area contributed by atoms with E-state index in [4.69, 9.17) is 4.74 Å². The molecule has 3 aromatic rings. The second kappa shape index (κ2) is 11.8. The molecular weight excluding hydrogens is 482 g/mol. The third-order valence-electron chi connectivity index (χ3n) is 4.88. The Balaban J connectivity index is 0.00000385. The average molecular weight is 512 g/mol. The van der Waals surface area contributed by atoms with Crippen LogP contribution in [0.15, 0.2) is 47.4 Å². The average Bonchev–Trinajstić information content (AvgIpc) is 3.17. The van der Waals surface area contributed by atoms with Crippen molar-refractivity contribution in [3.8, 4) is 5.75 Å². The van der Waals surface area contributed by atoms with Crippen molar-refractivity contribution in [2.75, 3.05) is 44.9 Å². The van der Waals surface area contributed by atoms with Crippen molar-refractivity contribution in [1.29, 1.82) is 0 Å². The zero-order valence-corrected chi connectivity index (χ0v) is 21.7. The van der Waals surface area contributed by atoms with E-state index in [9.17, 15) is 13.2 Å². The van der Waals surface area contributed by atoms with Crippen LogP contribution in [-0.2, 0) is 9.84 Å². The topological polar surface area (TPSA) is 79.8 Å². The van der Waals surface area contributed by atoms with E-state index in [-0.39, 0.29) is 23.2 Å². The van der Waals surface area contributed by atoms with Gasteiger partial charge in [0.2, 0.25) is 0 Å². The van der Waals surface area contributed by atoms with Gasteiger partial charge in [-0.1, -0.05) is 30.7 Å². The quantitative estimate of drug-likeness (QED) is 0.373. The van der Waals surface area contributed by atoms with E-state index in [1.165, 1.54) is 17.6 Å². The van der Waals surface area contributed by atoms with Gasteiger partial charge in [0.15, 0.2) is 15.0 Å². The van der Waals surface area contributed by atoms with E-state index in [1.54, 1.807) is 41.3 Å². The summed E-state index contributed by atoms with van der Waals surface area (Å²) in [5.41, 5.74) is 0.923. The molecule has 2 aromatic carbocycles. The van der Waals surface area contributed by atoms with E-state index >= 15 is 0 Å². The lowest BCUT2D eigenvalue weighted by atomic mass is 10.2. The lowest BCUT2D eigenvalue weighted by molar-refractivity contribution is 0.0985. The molecule has 0 radical (unpaired) electrons. The number of thiazole rings is 1. The lowest BCUT2D eigenvalue weighted by Crippen LogP contribution is -2.36. The van der Waals surface area contributed by atoms with Gasteiger partial charge in [0, 0.05) is 24.9 Å². The van der Waals surface area contributed by atoms with Crippen molar-refractivity contribution in [2.45, 2.75) is 24.7 Å². The number of nitrogens with zero attached hydrogens (tertiary/aromatic N) is 3. The molecule has 3 rings (SSSR count). The first-order chi connectivity index (χ1) is 15.2. The SMILES string of the molecule is CCCCOc1ccc(C(=O)N(CCN(C)C)c2nc3c(S(C)(=O)=O)cccc3s2)cc1.Cl. The van der Waals surface area contributed by atoms with Crippen molar-refractivity contribution in [1.82, 2.24) is 9.88 Å². The van der Waals surface area contributed by atoms with Crippen LogP contribution >= 0.6 is 23.7 Å². The maximum atomic E-state index is 13.4. The Labute approximate surface area is 205 Å². The summed E-state index contributed by atoms with van der Waals surface area (Å²) in [6, 6.07) is 12.2. The highest BCUT2D eigenvalue weighted by atomic mass is 35.5. The molecule has 0 aliphatic heterocycles. The van der Waals surface area contributed by atoms with Crippen LogP contribution in [0.4, 0.5) is 5.13 Å². The Morgan fingerprint density at radius 1 is 1.09 bits per heavy atom. The molecule has 0 atom stereocenters. The number of hydrogen-bond donors (Lipinski definition) is 0. The van der Waals surface area contributed by atoms with E-state index in [0.29, 0.717) is 35.9 Å². The summed E-state index contributed by atoms with van der Waals surface area (Å²) in [6.45, 7) is 3.81. The molecule has 0 aliphatic rings. The van der Waals surface area contributed by atoms with E-state index in [2.05, 4.69) is 11.9 Å².